The molecule has 206 valence electrons. The van der Waals surface area contributed by atoms with Crippen molar-refractivity contribution in [1.82, 2.24) is 0 Å². The number of phenols is 1. The van der Waals surface area contributed by atoms with Crippen LogP contribution in [0.4, 0.5) is 0 Å². The van der Waals surface area contributed by atoms with Gasteiger partial charge in [-0.1, -0.05) is 84.9 Å². The van der Waals surface area contributed by atoms with Gasteiger partial charge in [-0.25, -0.2) is 0 Å². The highest BCUT2D eigenvalue weighted by Gasteiger charge is 2.31. The molecule has 3 aromatic rings. The number of rotatable bonds is 14. The third-order valence-corrected chi connectivity index (χ3v) is 6.54. The molecule has 0 aliphatic carbocycles. The molecule has 0 unspecified atom stereocenters. The number of benzene rings is 3. The molecular formula is C31H37N2O6+. The summed E-state index contributed by atoms with van der Waals surface area (Å²) in [6.07, 6.45) is 0.927. The minimum absolute atomic E-state index is 0.129. The molecule has 0 aliphatic heterocycles. The van der Waals surface area contributed by atoms with Gasteiger partial charge in [0.05, 0.1) is 12.0 Å². The van der Waals surface area contributed by atoms with E-state index < -0.39 is 36.1 Å². The first-order chi connectivity index (χ1) is 18.7. The summed E-state index contributed by atoms with van der Waals surface area (Å²) in [5.74, 6) is -2.33. The van der Waals surface area contributed by atoms with Gasteiger partial charge in [0.15, 0.2) is 6.10 Å². The van der Waals surface area contributed by atoms with Crippen LogP contribution in [0.1, 0.15) is 23.1 Å². The van der Waals surface area contributed by atoms with E-state index in [1.165, 1.54) is 6.08 Å². The summed E-state index contributed by atoms with van der Waals surface area (Å²) in [4.78, 5) is 25.3. The highest BCUT2D eigenvalue weighted by molar-refractivity contribution is 5.83. The predicted molar refractivity (Wildman–Crippen MR) is 147 cm³/mol. The van der Waals surface area contributed by atoms with Crippen LogP contribution in [0.5, 0.6) is 5.75 Å². The van der Waals surface area contributed by atoms with Crippen molar-refractivity contribution in [2.24, 2.45) is 11.7 Å². The number of phenolic OH excluding ortho intramolecular Hbond substituents is 1. The van der Waals surface area contributed by atoms with E-state index in [4.69, 9.17) is 10.5 Å². The normalized spacial score (nSPS) is 15.3. The number of ether oxygens (including phenoxy) is 1. The summed E-state index contributed by atoms with van der Waals surface area (Å²) in [7, 11) is 0. The van der Waals surface area contributed by atoms with Crippen molar-refractivity contribution in [3.05, 3.63) is 114 Å². The lowest BCUT2D eigenvalue weighted by Crippen LogP contribution is -2.67. The first kappa shape index (κ1) is 29.6. The summed E-state index contributed by atoms with van der Waals surface area (Å²) >= 11 is 0. The number of primary amides is 1. The lowest BCUT2D eigenvalue weighted by atomic mass is 9.93. The zero-order valence-corrected chi connectivity index (χ0v) is 21.8. The van der Waals surface area contributed by atoms with Crippen LogP contribution in [0.3, 0.4) is 0 Å². The van der Waals surface area contributed by atoms with E-state index >= 15 is 0 Å². The Balaban J connectivity index is 1.66. The number of carbonyl (C=O) groups is 2. The average Bonchev–Trinajstić information content (AvgIpc) is 2.93. The van der Waals surface area contributed by atoms with Gasteiger partial charge in [0.2, 0.25) is 0 Å². The first-order valence-corrected chi connectivity index (χ1v) is 12.9. The monoisotopic (exact) mass is 533 g/mol. The standard InChI is InChI=1S/C31H36N2O6/c32-26(19-23-14-16-24(34)17-15-23)28(36)13-7-12-27(35)25(18-21-8-3-1-4-9-21)31(38)39-29(30(33)37)20-22-10-5-2-6-11-22/h1-12,14-17,25-29,34-36H,13,18-20,32H2,(H2,33,37)/p+1/b12-7+/t25-,26+,27+,28+,29+/m1/s1. The van der Waals surface area contributed by atoms with Crippen LogP contribution in [-0.2, 0) is 33.6 Å². The second kappa shape index (κ2) is 14.8. The fraction of sp³-hybridized carbons (Fsp3) is 0.290. The molecule has 0 spiro atoms. The van der Waals surface area contributed by atoms with Crippen molar-refractivity contribution >= 4 is 11.9 Å². The highest BCUT2D eigenvalue weighted by Crippen LogP contribution is 2.19. The van der Waals surface area contributed by atoms with Gasteiger partial charge in [-0.3, -0.25) is 9.59 Å². The molecule has 8 N–H and O–H groups in total. The van der Waals surface area contributed by atoms with Crippen molar-refractivity contribution in [3.63, 3.8) is 0 Å². The number of aromatic hydroxyl groups is 1. The van der Waals surface area contributed by atoms with Crippen molar-refractivity contribution in [2.75, 3.05) is 0 Å². The molecule has 0 saturated heterocycles. The Morgan fingerprint density at radius 2 is 1.36 bits per heavy atom. The first-order valence-electron chi connectivity index (χ1n) is 12.9. The molecule has 1 amide bonds. The van der Waals surface area contributed by atoms with E-state index in [0.717, 1.165) is 16.7 Å². The molecule has 5 atom stereocenters. The van der Waals surface area contributed by atoms with Crippen molar-refractivity contribution in [2.45, 2.75) is 50.0 Å². The van der Waals surface area contributed by atoms with Crippen LogP contribution < -0.4 is 11.5 Å². The second-order valence-electron chi connectivity index (χ2n) is 9.67. The number of esters is 1. The van der Waals surface area contributed by atoms with E-state index in [9.17, 15) is 24.9 Å². The third kappa shape index (κ3) is 9.68. The van der Waals surface area contributed by atoms with Gasteiger partial charge in [0.25, 0.3) is 5.91 Å². The largest absolute Gasteiger partial charge is 0.508 e. The fourth-order valence-corrected chi connectivity index (χ4v) is 4.22. The zero-order chi connectivity index (χ0) is 28.2. The van der Waals surface area contributed by atoms with Gasteiger partial charge < -0.3 is 31.5 Å². The molecule has 0 heterocycles. The van der Waals surface area contributed by atoms with E-state index in [1.54, 1.807) is 30.3 Å². The van der Waals surface area contributed by atoms with Crippen LogP contribution in [-0.4, -0.2) is 51.5 Å². The maximum Gasteiger partial charge on any atom is 0.313 e. The molecule has 8 nitrogen and oxygen atoms in total. The maximum absolute atomic E-state index is 13.2. The minimum atomic E-state index is -1.23. The van der Waals surface area contributed by atoms with Gasteiger partial charge in [-0.2, -0.15) is 0 Å². The SMILES string of the molecule is NC(=O)[C@H](Cc1ccccc1)OC(=O)[C@H](Cc1ccccc1)[C@@H](O)/C=C/C[C@H](O)[C@@H]([NH3+])Cc1ccc(O)cc1. The lowest BCUT2D eigenvalue weighted by molar-refractivity contribution is -0.436. The molecule has 0 aliphatic rings. The molecular weight excluding hydrogens is 496 g/mol. The molecule has 0 radical (unpaired) electrons. The Kier molecular flexibility index (Phi) is 11.2. The van der Waals surface area contributed by atoms with Crippen LogP contribution in [0.25, 0.3) is 0 Å². The van der Waals surface area contributed by atoms with Gasteiger partial charge in [0, 0.05) is 12.8 Å². The molecule has 39 heavy (non-hydrogen) atoms. The Morgan fingerprint density at radius 3 is 1.92 bits per heavy atom. The van der Waals surface area contributed by atoms with Crippen LogP contribution in [0, 0.1) is 5.92 Å². The fourth-order valence-electron chi connectivity index (χ4n) is 4.22. The average molecular weight is 534 g/mol. The summed E-state index contributed by atoms with van der Waals surface area (Å²) < 4.78 is 5.53. The Bertz CT molecular complexity index is 1200. The highest BCUT2D eigenvalue weighted by atomic mass is 16.5. The summed E-state index contributed by atoms with van der Waals surface area (Å²) in [5.41, 5.74) is 12.1. The molecule has 0 saturated carbocycles. The molecule has 3 aromatic carbocycles. The number of aliphatic hydroxyl groups is 2. The van der Waals surface area contributed by atoms with E-state index in [0.29, 0.717) is 6.42 Å². The van der Waals surface area contributed by atoms with E-state index in [1.807, 2.05) is 60.7 Å². The van der Waals surface area contributed by atoms with Gasteiger partial charge >= 0.3 is 5.97 Å². The van der Waals surface area contributed by atoms with Crippen molar-refractivity contribution < 1.29 is 35.4 Å². The number of nitrogens with two attached hydrogens (primary N) is 1. The summed E-state index contributed by atoms with van der Waals surface area (Å²) in [6.45, 7) is 0. The molecule has 3 rings (SSSR count). The smallest absolute Gasteiger partial charge is 0.313 e. The topological polar surface area (TPSA) is 158 Å². The van der Waals surface area contributed by atoms with Gasteiger partial charge in [-0.15, -0.1) is 0 Å². The van der Waals surface area contributed by atoms with E-state index in [2.05, 4.69) is 5.73 Å². The maximum atomic E-state index is 13.2. The molecule has 0 fully saturated rings. The quantitative estimate of drug-likeness (QED) is 0.157. The Morgan fingerprint density at radius 1 is 0.821 bits per heavy atom. The molecule has 8 heteroatoms. The summed E-state index contributed by atoms with van der Waals surface area (Å²) in [5, 5.41) is 31.0. The number of quaternary nitrogens is 1. The molecule has 0 bridgehead atoms. The number of aliphatic hydroxyl groups excluding tert-OH is 2. The van der Waals surface area contributed by atoms with Gasteiger partial charge in [-0.05, 0) is 41.7 Å². The van der Waals surface area contributed by atoms with Crippen LogP contribution in [0.2, 0.25) is 0 Å². The van der Waals surface area contributed by atoms with Crippen molar-refractivity contribution in [3.8, 4) is 5.75 Å². The van der Waals surface area contributed by atoms with E-state index in [-0.39, 0.29) is 31.1 Å². The predicted octanol–water partition coefficient (Wildman–Crippen LogP) is 1.71. The number of amides is 1. The number of hydrogen-bond acceptors (Lipinski definition) is 6. The number of hydrogen-bond donors (Lipinski definition) is 5. The zero-order valence-electron chi connectivity index (χ0n) is 21.8. The third-order valence-electron chi connectivity index (χ3n) is 6.54. The lowest BCUT2D eigenvalue weighted by Gasteiger charge is -2.23. The second-order valence-corrected chi connectivity index (χ2v) is 9.67. The Labute approximate surface area is 228 Å². The summed E-state index contributed by atoms with van der Waals surface area (Å²) in [6, 6.07) is 24.7. The van der Waals surface area contributed by atoms with Gasteiger partial charge in [0.1, 0.15) is 17.9 Å². The Hall–Kier alpha value is -3.98. The minimum Gasteiger partial charge on any atom is -0.508 e. The number of carbonyl (C=O) groups excluding carboxylic acids is 2. The van der Waals surface area contributed by atoms with Crippen molar-refractivity contribution in [1.29, 1.82) is 0 Å². The van der Waals surface area contributed by atoms with Crippen LogP contribution in [0.15, 0.2) is 97.1 Å². The van der Waals surface area contributed by atoms with Crippen LogP contribution >= 0.6 is 0 Å². The molecule has 0 aromatic heterocycles.